The number of nitrogens with two attached hydrogens (primary N) is 1. The van der Waals surface area contributed by atoms with Gasteiger partial charge in [0.05, 0.1) is 6.61 Å². The number of anilines is 1. The van der Waals surface area contributed by atoms with E-state index in [2.05, 4.69) is 0 Å². The molecule has 2 nitrogen and oxygen atoms in total. The molecule has 0 fully saturated rings. The Morgan fingerprint density at radius 1 is 1.06 bits per heavy atom. The van der Waals surface area contributed by atoms with E-state index in [0.717, 1.165) is 17.9 Å². The predicted octanol–water partition coefficient (Wildman–Crippen LogP) is 3.54. The Balaban J connectivity index is 1.87. The molecule has 0 atom stereocenters. The summed E-state index contributed by atoms with van der Waals surface area (Å²) in [5.41, 5.74) is 7.66. The normalized spacial score (nSPS) is 10.2. The minimum absolute atomic E-state index is 0.615. The van der Waals surface area contributed by atoms with E-state index in [1.54, 1.807) is 6.07 Å². The Morgan fingerprint density at radius 2 is 1.88 bits per heavy atom. The van der Waals surface area contributed by atoms with Crippen LogP contribution in [0, 0.1) is 0 Å². The molecule has 0 bridgehead atoms. The molecule has 0 aromatic heterocycles. The topological polar surface area (TPSA) is 35.2 Å². The maximum absolute atomic E-state index is 5.87. The van der Waals surface area contributed by atoms with Crippen molar-refractivity contribution in [2.45, 2.75) is 6.42 Å². The Morgan fingerprint density at radius 3 is 2.65 bits per heavy atom. The lowest BCUT2D eigenvalue weighted by Gasteiger charge is -2.06. The average Bonchev–Trinajstić information content (AvgIpc) is 2.29. The van der Waals surface area contributed by atoms with Crippen molar-refractivity contribution in [1.29, 1.82) is 0 Å². The molecular weight excluding hydrogens is 234 g/mol. The lowest BCUT2D eigenvalue weighted by atomic mass is 10.1. The largest absolute Gasteiger partial charge is 0.493 e. The Bertz CT molecular complexity index is 454. The molecule has 0 saturated carbocycles. The molecule has 0 amide bonds. The number of rotatable bonds is 4. The van der Waals surface area contributed by atoms with Gasteiger partial charge in [-0.2, -0.15) is 0 Å². The van der Waals surface area contributed by atoms with Crippen molar-refractivity contribution in [2.24, 2.45) is 0 Å². The maximum atomic E-state index is 5.87. The van der Waals surface area contributed by atoms with Crippen LogP contribution in [-0.2, 0) is 6.42 Å². The number of hydrogen-bond acceptors (Lipinski definition) is 2. The van der Waals surface area contributed by atoms with Gasteiger partial charge in [0, 0.05) is 17.1 Å². The zero-order valence-corrected chi connectivity index (χ0v) is 10.2. The predicted molar refractivity (Wildman–Crippen MR) is 71.5 cm³/mol. The molecule has 2 N–H and O–H groups in total. The van der Waals surface area contributed by atoms with Crippen molar-refractivity contribution in [3.63, 3.8) is 0 Å². The lowest BCUT2D eigenvalue weighted by molar-refractivity contribution is 0.322. The van der Waals surface area contributed by atoms with Crippen LogP contribution in [0.4, 0.5) is 5.69 Å². The van der Waals surface area contributed by atoms with Gasteiger partial charge in [-0.15, -0.1) is 0 Å². The summed E-state index contributed by atoms with van der Waals surface area (Å²) in [4.78, 5) is 0. The van der Waals surface area contributed by atoms with Gasteiger partial charge in [-0.25, -0.2) is 0 Å². The summed E-state index contributed by atoms with van der Waals surface area (Å²) < 4.78 is 5.61. The highest BCUT2D eigenvalue weighted by Gasteiger charge is 1.97. The number of nitrogen functional groups attached to an aromatic ring is 1. The van der Waals surface area contributed by atoms with Crippen LogP contribution in [0.3, 0.4) is 0 Å². The van der Waals surface area contributed by atoms with Crippen LogP contribution in [0.2, 0.25) is 5.02 Å². The van der Waals surface area contributed by atoms with Crippen LogP contribution in [0.5, 0.6) is 5.75 Å². The summed E-state index contributed by atoms with van der Waals surface area (Å²) in [5.74, 6) is 0.793. The van der Waals surface area contributed by atoms with Crippen molar-refractivity contribution in [3.8, 4) is 5.75 Å². The third kappa shape index (κ3) is 3.68. The van der Waals surface area contributed by atoms with Gasteiger partial charge in [-0.3, -0.25) is 0 Å². The van der Waals surface area contributed by atoms with Crippen LogP contribution < -0.4 is 10.5 Å². The van der Waals surface area contributed by atoms with Crippen molar-refractivity contribution >= 4 is 17.3 Å². The summed E-state index contributed by atoms with van der Waals surface area (Å²) in [7, 11) is 0. The lowest BCUT2D eigenvalue weighted by Crippen LogP contribution is -2.01. The highest BCUT2D eigenvalue weighted by atomic mass is 35.5. The van der Waals surface area contributed by atoms with Crippen LogP contribution in [0.15, 0.2) is 48.5 Å². The SMILES string of the molecule is Nc1cccc(CCOc2cccc(Cl)c2)c1. The van der Waals surface area contributed by atoms with E-state index in [0.29, 0.717) is 11.6 Å². The van der Waals surface area contributed by atoms with Gasteiger partial charge < -0.3 is 10.5 Å². The smallest absolute Gasteiger partial charge is 0.120 e. The second-order valence-corrected chi connectivity index (χ2v) is 4.24. The molecule has 2 rings (SSSR count). The highest BCUT2D eigenvalue weighted by molar-refractivity contribution is 6.30. The van der Waals surface area contributed by atoms with Crippen molar-refractivity contribution in [2.75, 3.05) is 12.3 Å². The molecule has 0 heterocycles. The first-order chi connectivity index (χ1) is 8.24. The second-order valence-electron chi connectivity index (χ2n) is 3.80. The molecule has 0 radical (unpaired) electrons. The van der Waals surface area contributed by atoms with E-state index in [-0.39, 0.29) is 0 Å². The number of hydrogen-bond donors (Lipinski definition) is 1. The zero-order chi connectivity index (χ0) is 12.1. The summed E-state index contributed by atoms with van der Waals surface area (Å²) >= 11 is 5.87. The molecule has 0 unspecified atom stereocenters. The van der Waals surface area contributed by atoms with Gasteiger partial charge in [0.25, 0.3) is 0 Å². The monoisotopic (exact) mass is 247 g/mol. The zero-order valence-electron chi connectivity index (χ0n) is 9.40. The van der Waals surface area contributed by atoms with Crippen molar-refractivity contribution < 1.29 is 4.74 Å². The molecule has 2 aromatic carbocycles. The molecule has 0 aliphatic heterocycles. The first-order valence-electron chi connectivity index (χ1n) is 5.47. The second kappa shape index (κ2) is 5.60. The van der Waals surface area contributed by atoms with Crippen molar-refractivity contribution in [1.82, 2.24) is 0 Å². The fourth-order valence-corrected chi connectivity index (χ4v) is 1.77. The van der Waals surface area contributed by atoms with Gasteiger partial charge in [0.1, 0.15) is 5.75 Å². The van der Waals surface area contributed by atoms with Crippen LogP contribution in [-0.4, -0.2) is 6.61 Å². The van der Waals surface area contributed by atoms with E-state index >= 15 is 0 Å². The standard InChI is InChI=1S/C14H14ClNO/c15-12-4-2-6-14(10-12)17-8-7-11-3-1-5-13(16)9-11/h1-6,9-10H,7-8,16H2. The van der Waals surface area contributed by atoms with Gasteiger partial charge in [0.2, 0.25) is 0 Å². The number of benzene rings is 2. The van der Waals surface area contributed by atoms with E-state index in [1.165, 1.54) is 5.56 Å². The van der Waals surface area contributed by atoms with E-state index in [1.807, 2.05) is 42.5 Å². The van der Waals surface area contributed by atoms with Crippen LogP contribution in [0.25, 0.3) is 0 Å². The van der Waals surface area contributed by atoms with Crippen LogP contribution in [0.1, 0.15) is 5.56 Å². The van der Waals surface area contributed by atoms with E-state index in [4.69, 9.17) is 22.1 Å². The molecular formula is C14H14ClNO. The van der Waals surface area contributed by atoms with Crippen molar-refractivity contribution in [3.05, 3.63) is 59.1 Å². The summed E-state index contributed by atoms with van der Waals surface area (Å²) in [5, 5.41) is 0.687. The molecule has 0 spiro atoms. The molecule has 17 heavy (non-hydrogen) atoms. The number of ether oxygens (including phenoxy) is 1. The Kier molecular flexibility index (Phi) is 3.89. The summed E-state index contributed by atoms with van der Waals surface area (Å²) in [6.45, 7) is 0.615. The van der Waals surface area contributed by atoms with Gasteiger partial charge in [-0.05, 0) is 35.9 Å². The van der Waals surface area contributed by atoms with Crippen LogP contribution >= 0.6 is 11.6 Å². The first-order valence-corrected chi connectivity index (χ1v) is 5.84. The fraction of sp³-hybridized carbons (Fsp3) is 0.143. The fourth-order valence-electron chi connectivity index (χ4n) is 1.59. The minimum Gasteiger partial charge on any atom is -0.493 e. The average molecular weight is 248 g/mol. The summed E-state index contributed by atoms with van der Waals surface area (Å²) in [6.07, 6.45) is 0.831. The molecule has 3 heteroatoms. The highest BCUT2D eigenvalue weighted by Crippen LogP contribution is 2.17. The molecule has 88 valence electrons. The van der Waals surface area contributed by atoms with Gasteiger partial charge >= 0.3 is 0 Å². The minimum atomic E-state index is 0.615. The Labute approximate surface area is 106 Å². The Hall–Kier alpha value is -1.67. The summed E-state index contributed by atoms with van der Waals surface area (Å²) in [6, 6.07) is 15.2. The van der Waals surface area contributed by atoms with E-state index in [9.17, 15) is 0 Å². The van der Waals surface area contributed by atoms with Gasteiger partial charge in [0.15, 0.2) is 0 Å². The molecule has 0 aliphatic rings. The number of halogens is 1. The third-order valence-electron chi connectivity index (χ3n) is 2.41. The molecule has 2 aromatic rings. The third-order valence-corrected chi connectivity index (χ3v) is 2.64. The van der Waals surface area contributed by atoms with E-state index < -0.39 is 0 Å². The quantitative estimate of drug-likeness (QED) is 0.839. The maximum Gasteiger partial charge on any atom is 0.120 e. The molecule has 0 aliphatic carbocycles. The molecule has 0 saturated heterocycles. The van der Waals surface area contributed by atoms with Gasteiger partial charge in [-0.1, -0.05) is 29.8 Å². The first kappa shape index (κ1) is 11.8.